The summed E-state index contributed by atoms with van der Waals surface area (Å²) in [6.07, 6.45) is 1.48. The first-order chi connectivity index (χ1) is 11.6. The molecule has 0 bridgehead atoms. The fourth-order valence-corrected chi connectivity index (χ4v) is 2.38. The molecule has 1 amide bonds. The SMILES string of the molecule is Cc1cc(=O)n2ncn(CC(=O)NCCOc3ccccc3)c2c1. The number of hydrogen-bond acceptors (Lipinski definition) is 4. The van der Waals surface area contributed by atoms with Crippen molar-refractivity contribution in [3.8, 4) is 5.75 Å². The zero-order valence-corrected chi connectivity index (χ0v) is 13.3. The summed E-state index contributed by atoms with van der Waals surface area (Å²) in [7, 11) is 0. The third-order valence-corrected chi connectivity index (χ3v) is 3.48. The predicted molar refractivity (Wildman–Crippen MR) is 89.1 cm³/mol. The molecule has 0 aliphatic carbocycles. The Hall–Kier alpha value is -3.09. The molecule has 1 N–H and O–H groups in total. The van der Waals surface area contributed by atoms with Gasteiger partial charge in [-0.25, -0.2) is 0 Å². The molecular formula is C17H18N4O3. The van der Waals surface area contributed by atoms with E-state index in [1.54, 1.807) is 4.57 Å². The van der Waals surface area contributed by atoms with Crippen molar-refractivity contribution >= 4 is 11.6 Å². The standard InChI is InChI=1S/C17H18N4O3/c1-13-9-16-20(12-19-21(16)17(23)10-13)11-15(22)18-7-8-24-14-5-3-2-4-6-14/h2-6,9-10,12H,7-8,11H2,1H3,(H,18,22). The average Bonchev–Trinajstić information content (AvgIpc) is 2.96. The molecule has 1 aromatic carbocycles. The number of pyridine rings is 1. The maximum Gasteiger partial charge on any atom is 0.273 e. The predicted octanol–water partition coefficient (Wildman–Crippen LogP) is 1.000. The number of fused-ring (bicyclic) bond motifs is 1. The van der Waals surface area contributed by atoms with Crippen molar-refractivity contribution in [3.05, 3.63) is 64.7 Å². The fourth-order valence-electron chi connectivity index (χ4n) is 2.38. The van der Waals surface area contributed by atoms with Crippen molar-refractivity contribution in [2.24, 2.45) is 0 Å². The van der Waals surface area contributed by atoms with Gasteiger partial charge in [0.1, 0.15) is 30.9 Å². The van der Waals surface area contributed by atoms with Crippen LogP contribution >= 0.6 is 0 Å². The fraction of sp³-hybridized carbons (Fsp3) is 0.235. The largest absolute Gasteiger partial charge is 0.492 e. The minimum atomic E-state index is -0.208. The molecule has 24 heavy (non-hydrogen) atoms. The topological polar surface area (TPSA) is 77.6 Å². The van der Waals surface area contributed by atoms with E-state index < -0.39 is 0 Å². The Kier molecular flexibility index (Phi) is 4.60. The van der Waals surface area contributed by atoms with Crippen molar-refractivity contribution in [1.82, 2.24) is 19.5 Å². The second-order valence-corrected chi connectivity index (χ2v) is 5.41. The first kappa shape index (κ1) is 15.8. The highest BCUT2D eigenvalue weighted by Crippen LogP contribution is 2.07. The molecule has 0 aliphatic rings. The Morgan fingerprint density at radius 1 is 1.25 bits per heavy atom. The van der Waals surface area contributed by atoms with Gasteiger partial charge in [-0.05, 0) is 30.7 Å². The van der Waals surface area contributed by atoms with E-state index in [-0.39, 0.29) is 18.0 Å². The summed E-state index contributed by atoms with van der Waals surface area (Å²) in [5, 5.41) is 6.80. The Morgan fingerprint density at radius 3 is 2.83 bits per heavy atom. The van der Waals surface area contributed by atoms with E-state index in [4.69, 9.17) is 4.74 Å². The number of benzene rings is 1. The highest BCUT2D eigenvalue weighted by molar-refractivity contribution is 5.76. The number of aromatic nitrogens is 3. The number of nitrogens with one attached hydrogen (secondary N) is 1. The van der Waals surface area contributed by atoms with Crippen LogP contribution in [0.25, 0.3) is 5.65 Å². The van der Waals surface area contributed by atoms with Crippen molar-refractivity contribution < 1.29 is 9.53 Å². The molecule has 0 saturated heterocycles. The molecule has 7 nitrogen and oxygen atoms in total. The molecule has 3 rings (SSSR count). The maximum absolute atomic E-state index is 12.0. The quantitative estimate of drug-likeness (QED) is 0.686. The molecule has 7 heteroatoms. The summed E-state index contributed by atoms with van der Waals surface area (Å²) < 4.78 is 8.43. The van der Waals surface area contributed by atoms with Crippen molar-refractivity contribution in [2.45, 2.75) is 13.5 Å². The number of ether oxygens (including phenoxy) is 1. The van der Waals surface area contributed by atoms with E-state index in [0.29, 0.717) is 18.8 Å². The van der Waals surface area contributed by atoms with Crippen LogP contribution in [0.5, 0.6) is 5.75 Å². The summed E-state index contributed by atoms with van der Waals surface area (Å²) in [6, 6.07) is 12.7. The van der Waals surface area contributed by atoms with Crippen LogP contribution in [-0.4, -0.2) is 33.2 Å². The van der Waals surface area contributed by atoms with Gasteiger partial charge in [-0.15, -0.1) is 0 Å². The lowest BCUT2D eigenvalue weighted by Gasteiger charge is -2.08. The smallest absolute Gasteiger partial charge is 0.273 e. The molecule has 0 spiro atoms. The number of carbonyl (C=O) groups excluding carboxylic acids is 1. The monoisotopic (exact) mass is 326 g/mol. The number of hydrogen-bond donors (Lipinski definition) is 1. The van der Waals surface area contributed by atoms with E-state index in [1.165, 1.54) is 16.9 Å². The Bertz CT molecular complexity index is 899. The van der Waals surface area contributed by atoms with Crippen molar-refractivity contribution in [2.75, 3.05) is 13.2 Å². The molecular weight excluding hydrogens is 308 g/mol. The molecule has 3 aromatic rings. The van der Waals surface area contributed by atoms with Crippen LogP contribution < -0.4 is 15.6 Å². The minimum Gasteiger partial charge on any atom is -0.492 e. The van der Waals surface area contributed by atoms with E-state index >= 15 is 0 Å². The van der Waals surface area contributed by atoms with E-state index in [1.807, 2.05) is 43.3 Å². The summed E-state index contributed by atoms with van der Waals surface area (Å²) in [5.41, 5.74) is 1.22. The molecule has 0 fully saturated rings. The second kappa shape index (κ2) is 6.99. The Morgan fingerprint density at radius 2 is 2.04 bits per heavy atom. The number of carbonyl (C=O) groups is 1. The van der Waals surface area contributed by atoms with Gasteiger partial charge in [0.05, 0.1) is 6.54 Å². The van der Waals surface area contributed by atoms with Gasteiger partial charge in [0.25, 0.3) is 5.56 Å². The Balaban J connectivity index is 1.55. The molecule has 0 saturated carbocycles. The summed E-state index contributed by atoms with van der Waals surface area (Å²) >= 11 is 0. The number of para-hydroxylation sites is 1. The van der Waals surface area contributed by atoms with Gasteiger partial charge in [-0.1, -0.05) is 18.2 Å². The lowest BCUT2D eigenvalue weighted by Crippen LogP contribution is -2.31. The first-order valence-corrected chi connectivity index (χ1v) is 7.63. The van der Waals surface area contributed by atoms with Crippen molar-refractivity contribution in [1.29, 1.82) is 0 Å². The average molecular weight is 326 g/mol. The number of rotatable bonds is 6. The van der Waals surface area contributed by atoms with Crippen LogP contribution in [0.15, 0.2) is 53.6 Å². The highest BCUT2D eigenvalue weighted by Gasteiger charge is 2.08. The third-order valence-electron chi connectivity index (χ3n) is 3.48. The van der Waals surface area contributed by atoms with Crippen LogP contribution in [0.4, 0.5) is 0 Å². The molecule has 0 atom stereocenters. The lowest BCUT2D eigenvalue weighted by molar-refractivity contribution is -0.121. The first-order valence-electron chi connectivity index (χ1n) is 7.63. The van der Waals surface area contributed by atoms with Gasteiger partial charge in [0.15, 0.2) is 0 Å². The molecule has 0 aliphatic heterocycles. The summed E-state index contributed by atoms with van der Waals surface area (Å²) in [5.74, 6) is 0.600. The van der Waals surface area contributed by atoms with Gasteiger partial charge < -0.3 is 14.6 Å². The van der Waals surface area contributed by atoms with Gasteiger partial charge in [0.2, 0.25) is 5.91 Å². The molecule has 2 heterocycles. The van der Waals surface area contributed by atoms with Gasteiger partial charge in [0, 0.05) is 6.07 Å². The molecule has 124 valence electrons. The van der Waals surface area contributed by atoms with Crippen LogP contribution in [0.3, 0.4) is 0 Å². The van der Waals surface area contributed by atoms with E-state index in [9.17, 15) is 9.59 Å². The van der Waals surface area contributed by atoms with Crippen LogP contribution in [0.2, 0.25) is 0 Å². The maximum atomic E-state index is 12.0. The zero-order chi connectivity index (χ0) is 16.9. The van der Waals surface area contributed by atoms with Crippen LogP contribution in [-0.2, 0) is 11.3 Å². The second-order valence-electron chi connectivity index (χ2n) is 5.41. The zero-order valence-electron chi connectivity index (χ0n) is 13.3. The number of aryl methyl sites for hydroxylation is 1. The van der Waals surface area contributed by atoms with Gasteiger partial charge in [-0.3, -0.25) is 9.59 Å². The van der Waals surface area contributed by atoms with Crippen LogP contribution in [0.1, 0.15) is 5.56 Å². The number of nitrogens with zero attached hydrogens (tertiary/aromatic N) is 3. The van der Waals surface area contributed by atoms with E-state index in [2.05, 4.69) is 10.4 Å². The molecule has 2 aromatic heterocycles. The summed E-state index contributed by atoms with van der Waals surface area (Å²) in [4.78, 5) is 23.8. The molecule has 0 unspecified atom stereocenters. The van der Waals surface area contributed by atoms with Gasteiger partial charge >= 0.3 is 0 Å². The van der Waals surface area contributed by atoms with Crippen LogP contribution in [0, 0.1) is 6.92 Å². The number of amides is 1. The normalized spacial score (nSPS) is 10.7. The van der Waals surface area contributed by atoms with Crippen molar-refractivity contribution in [3.63, 3.8) is 0 Å². The molecule has 0 radical (unpaired) electrons. The third kappa shape index (κ3) is 3.62. The van der Waals surface area contributed by atoms with E-state index in [0.717, 1.165) is 11.3 Å². The Labute approximate surface area is 138 Å². The minimum absolute atomic E-state index is 0.0950. The summed E-state index contributed by atoms with van der Waals surface area (Å²) in [6.45, 7) is 2.72. The van der Waals surface area contributed by atoms with Gasteiger partial charge in [-0.2, -0.15) is 9.61 Å². The highest BCUT2D eigenvalue weighted by atomic mass is 16.5. The lowest BCUT2D eigenvalue weighted by atomic mass is 10.3.